The Morgan fingerprint density at radius 2 is 2.31 bits per heavy atom. The second-order valence-corrected chi connectivity index (χ2v) is 4.12. The smallest absolute Gasteiger partial charge is 0.155 e. The average Bonchev–Trinajstić information content (AvgIpc) is 2.49. The first-order valence-electron chi connectivity index (χ1n) is 5.15. The van der Waals surface area contributed by atoms with Crippen LogP contribution in [0.15, 0.2) is 24.3 Å². The first kappa shape index (κ1) is 8.74. The van der Waals surface area contributed by atoms with Gasteiger partial charge < -0.3 is 0 Å². The van der Waals surface area contributed by atoms with Gasteiger partial charge in [-0.05, 0) is 43.6 Å². The molecule has 1 saturated carbocycles. The Labute approximate surface area is 79.5 Å². The van der Waals surface area contributed by atoms with Crippen LogP contribution in [0, 0.1) is 17.8 Å². The summed E-state index contributed by atoms with van der Waals surface area (Å²) in [4.78, 5) is 11.2. The molecule has 0 spiro atoms. The van der Waals surface area contributed by atoms with Gasteiger partial charge in [0.15, 0.2) is 5.78 Å². The highest BCUT2D eigenvalue weighted by atomic mass is 16.1. The minimum absolute atomic E-state index is 0.317. The zero-order chi connectivity index (χ0) is 9.26. The maximum absolute atomic E-state index is 11.2. The molecule has 0 aromatic carbocycles. The monoisotopic (exact) mass is 176 g/mol. The lowest BCUT2D eigenvalue weighted by atomic mass is 9.81. The average molecular weight is 176 g/mol. The van der Waals surface area contributed by atoms with Gasteiger partial charge in [-0.3, -0.25) is 4.79 Å². The van der Waals surface area contributed by atoms with E-state index in [1.54, 1.807) is 6.08 Å². The Morgan fingerprint density at radius 1 is 1.46 bits per heavy atom. The molecule has 70 valence electrons. The van der Waals surface area contributed by atoms with Gasteiger partial charge in [0.25, 0.3) is 0 Å². The molecular weight excluding hydrogens is 160 g/mol. The third-order valence-electron chi connectivity index (χ3n) is 3.34. The van der Waals surface area contributed by atoms with Crippen molar-refractivity contribution >= 4 is 5.78 Å². The normalized spacial score (nSPS) is 38.5. The minimum Gasteiger partial charge on any atom is -0.295 e. The van der Waals surface area contributed by atoms with E-state index in [1.807, 2.05) is 0 Å². The molecule has 1 nitrogen and oxygen atoms in total. The number of hydrogen-bond acceptors (Lipinski definition) is 1. The molecule has 0 bridgehead atoms. The van der Waals surface area contributed by atoms with Crippen LogP contribution >= 0.6 is 0 Å². The lowest BCUT2D eigenvalue weighted by Crippen LogP contribution is -2.19. The summed E-state index contributed by atoms with van der Waals surface area (Å²) in [6.07, 6.45) is 11.6. The molecular formula is C12H16O. The van der Waals surface area contributed by atoms with Crippen LogP contribution in [-0.4, -0.2) is 5.78 Å². The molecule has 1 heteroatoms. The number of carbonyl (C=O) groups is 1. The van der Waals surface area contributed by atoms with Gasteiger partial charge in [0, 0.05) is 6.42 Å². The Hall–Kier alpha value is -0.850. The van der Waals surface area contributed by atoms with Gasteiger partial charge in [0.1, 0.15) is 0 Å². The van der Waals surface area contributed by atoms with Gasteiger partial charge in [-0.1, -0.05) is 18.2 Å². The first-order valence-corrected chi connectivity index (χ1v) is 5.15. The maximum atomic E-state index is 11.2. The molecule has 0 N–H and O–H groups in total. The van der Waals surface area contributed by atoms with Crippen molar-refractivity contribution in [3.05, 3.63) is 24.3 Å². The molecule has 0 unspecified atom stereocenters. The quantitative estimate of drug-likeness (QED) is 0.561. The molecule has 0 aromatic heterocycles. The Morgan fingerprint density at radius 3 is 3.08 bits per heavy atom. The first-order chi connectivity index (χ1) is 6.31. The summed E-state index contributed by atoms with van der Waals surface area (Å²) in [5.41, 5.74) is 0. The Kier molecular flexibility index (Phi) is 2.34. The predicted molar refractivity (Wildman–Crippen MR) is 53.3 cm³/mol. The lowest BCUT2D eigenvalue weighted by Gasteiger charge is -2.22. The molecule has 0 aromatic rings. The van der Waals surface area contributed by atoms with E-state index in [0.29, 0.717) is 23.5 Å². The lowest BCUT2D eigenvalue weighted by molar-refractivity contribution is -0.116. The van der Waals surface area contributed by atoms with E-state index in [9.17, 15) is 4.79 Å². The second kappa shape index (κ2) is 3.49. The highest BCUT2D eigenvalue weighted by Crippen LogP contribution is 2.42. The van der Waals surface area contributed by atoms with Crippen LogP contribution in [0.3, 0.4) is 0 Å². The van der Waals surface area contributed by atoms with E-state index in [4.69, 9.17) is 0 Å². The van der Waals surface area contributed by atoms with Crippen LogP contribution in [0.4, 0.5) is 0 Å². The molecule has 0 heterocycles. The molecule has 0 radical (unpaired) electrons. The summed E-state index contributed by atoms with van der Waals surface area (Å²) in [6.45, 7) is 2.06. The van der Waals surface area contributed by atoms with Gasteiger partial charge in [0.2, 0.25) is 0 Å². The molecule has 1 fully saturated rings. The Balaban J connectivity index is 2.14. The topological polar surface area (TPSA) is 17.1 Å². The van der Waals surface area contributed by atoms with Crippen LogP contribution in [0.2, 0.25) is 0 Å². The molecule has 0 saturated heterocycles. The molecule has 3 atom stereocenters. The van der Waals surface area contributed by atoms with E-state index < -0.39 is 0 Å². The number of fused-ring (bicyclic) bond motifs is 1. The summed E-state index contributed by atoms with van der Waals surface area (Å²) in [5.74, 6) is 2.26. The number of ketones is 1. The maximum Gasteiger partial charge on any atom is 0.155 e. The summed E-state index contributed by atoms with van der Waals surface area (Å²) in [6, 6.07) is 0. The van der Waals surface area contributed by atoms with Crippen LogP contribution < -0.4 is 0 Å². The third-order valence-corrected chi connectivity index (χ3v) is 3.34. The highest BCUT2D eigenvalue weighted by Gasteiger charge is 2.35. The van der Waals surface area contributed by atoms with Crippen molar-refractivity contribution in [3.63, 3.8) is 0 Å². The van der Waals surface area contributed by atoms with Crippen LogP contribution in [0.5, 0.6) is 0 Å². The molecule has 2 rings (SSSR count). The van der Waals surface area contributed by atoms with Crippen molar-refractivity contribution in [2.75, 3.05) is 0 Å². The van der Waals surface area contributed by atoms with Crippen molar-refractivity contribution in [2.24, 2.45) is 17.8 Å². The summed E-state index contributed by atoms with van der Waals surface area (Å²) < 4.78 is 0. The largest absolute Gasteiger partial charge is 0.295 e. The number of hydrogen-bond donors (Lipinski definition) is 0. The second-order valence-electron chi connectivity index (χ2n) is 4.12. The van der Waals surface area contributed by atoms with Gasteiger partial charge in [-0.25, -0.2) is 0 Å². The summed E-state index contributed by atoms with van der Waals surface area (Å²) in [5, 5.41) is 0. The standard InChI is InChI=1S/C12H16O/c1-2-3-9-4-5-10-6-7-11(13)8-12(9)10/h2-3,6-7,9-10,12H,4-5,8H2,1H3/b3-2+/t9-,10-,12+/m0/s1. The Bertz CT molecular complexity index is 262. The highest BCUT2D eigenvalue weighted by molar-refractivity contribution is 5.90. The minimum atomic E-state index is 0.317. The molecule has 2 aliphatic carbocycles. The number of allylic oxidation sites excluding steroid dienone is 4. The number of rotatable bonds is 1. The fourth-order valence-corrected chi connectivity index (χ4v) is 2.69. The third kappa shape index (κ3) is 1.60. The molecule has 0 aliphatic heterocycles. The number of carbonyl (C=O) groups excluding carboxylic acids is 1. The SMILES string of the molecule is C/C=C/[C@H]1CC[C@H]2C=CC(=O)C[C@@H]21. The van der Waals surface area contributed by atoms with E-state index >= 15 is 0 Å². The van der Waals surface area contributed by atoms with Gasteiger partial charge in [-0.2, -0.15) is 0 Å². The molecule has 13 heavy (non-hydrogen) atoms. The zero-order valence-corrected chi connectivity index (χ0v) is 8.07. The predicted octanol–water partition coefficient (Wildman–Crippen LogP) is 2.73. The summed E-state index contributed by atoms with van der Waals surface area (Å²) in [7, 11) is 0. The van der Waals surface area contributed by atoms with Crippen molar-refractivity contribution < 1.29 is 4.79 Å². The van der Waals surface area contributed by atoms with E-state index in [0.717, 1.165) is 6.42 Å². The molecule has 2 aliphatic rings. The van der Waals surface area contributed by atoms with Crippen molar-refractivity contribution in [1.82, 2.24) is 0 Å². The van der Waals surface area contributed by atoms with E-state index in [2.05, 4.69) is 25.2 Å². The zero-order valence-electron chi connectivity index (χ0n) is 8.07. The van der Waals surface area contributed by atoms with Gasteiger partial charge in [-0.15, -0.1) is 0 Å². The fourth-order valence-electron chi connectivity index (χ4n) is 2.69. The van der Waals surface area contributed by atoms with E-state index in [-0.39, 0.29) is 0 Å². The van der Waals surface area contributed by atoms with Crippen molar-refractivity contribution in [3.8, 4) is 0 Å². The van der Waals surface area contributed by atoms with Crippen LogP contribution in [-0.2, 0) is 4.79 Å². The summed E-state index contributed by atoms with van der Waals surface area (Å²) >= 11 is 0. The van der Waals surface area contributed by atoms with Gasteiger partial charge in [0.05, 0.1) is 0 Å². The van der Waals surface area contributed by atoms with Crippen LogP contribution in [0.1, 0.15) is 26.2 Å². The van der Waals surface area contributed by atoms with E-state index in [1.165, 1.54) is 12.8 Å². The van der Waals surface area contributed by atoms with Crippen molar-refractivity contribution in [2.45, 2.75) is 26.2 Å². The van der Waals surface area contributed by atoms with Crippen LogP contribution in [0.25, 0.3) is 0 Å². The molecule has 0 amide bonds. The van der Waals surface area contributed by atoms with Crippen molar-refractivity contribution in [1.29, 1.82) is 0 Å². The van der Waals surface area contributed by atoms with Gasteiger partial charge >= 0.3 is 0 Å². The fraction of sp³-hybridized carbons (Fsp3) is 0.583.